The summed E-state index contributed by atoms with van der Waals surface area (Å²) in [6, 6.07) is 8.19. The van der Waals surface area contributed by atoms with E-state index in [1.54, 1.807) is 28.9 Å². The maximum Gasteiger partial charge on any atom is 0.139 e. The highest BCUT2D eigenvalue weighted by Crippen LogP contribution is 2.38. The molecule has 0 unspecified atom stereocenters. The van der Waals surface area contributed by atoms with Crippen molar-refractivity contribution in [2.75, 3.05) is 0 Å². The Morgan fingerprint density at radius 2 is 2.12 bits per heavy atom. The topological polar surface area (TPSA) is 55.7 Å². The van der Waals surface area contributed by atoms with Crippen LogP contribution in [0.25, 0.3) is 31.9 Å². The fourth-order valence-electron chi connectivity index (χ4n) is 2.91. The molecule has 0 spiro atoms. The van der Waals surface area contributed by atoms with Crippen molar-refractivity contribution >= 4 is 38.7 Å². The highest BCUT2D eigenvalue weighted by atomic mass is 32.1. The third-order valence-corrected chi connectivity index (χ3v) is 5.98. The molecule has 0 saturated heterocycles. The number of carbonyl (C=O) groups is 1. The fraction of sp³-hybridized carbons (Fsp3) is 0.200. The lowest BCUT2D eigenvalue weighted by Crippen LogP contribution is -2.00. The zero-order valence-electron chi connectivity index (χ0n) is 14.3. The molecule has 0 saturated carbocycles. The summed E-state index contributed by atoms with van der Waals surface area (Å²) in [7, 11) is 0. The van der Waals surface area contributed by atoms with E-state index in [1.165, 1.54) is 0 Å². The second kappa shape index (κ2) is 7.43. The molecule has 4 rings (SSSR count). The Bertz CT molecular complexity index is 1040. The molecule has 0 atom stereocenters. The molecule has 0 aliphatic heterocycles. The lowest BCUT2D eigenvalue weighted by atomic mass is 10.0. The number of ketones is 1. The third-order valence-electron chi connectivity index (χ3n) is 4.07. The number of nitrogens with zero attached hydrogens (tertiary/aromatic N) is 3. The first kappa shape index (κ1) is 17.0. The van der Waals surface area contributed by atoms with Crippen LogP contribution >= 0.6 is 22.7 Å². The normalized spacial score (nSPS) is 11.1. The Balaban J connectivity index is 1.85. The molecule has 0 fully saturated rings. The van der Waals surface area contributed by atoms with Crippen molar-refractivity contribution in [2.24, 2.45) is 0 Å². The summed E-state index contributed by atoms with van der Waals surface area (Å²) in [5.74, 6) is 0.245. The van der Waals surface area contributed by atoms with Crippen LogP contribution in [0.5, 0.6) is 0 Å². The molecule has 4 nitrogen and oxygen atoms in total. The van der Waals surface area contributed by atoms with Gasteiger partial charge in [-0.2, -0.15) is 0 Å². The number of carbonyl (C=O) groups excluding carboxylic acids is 1. The van der Waals surface area contributed by atoms with E-state index in [-0.39, 0.29) is 5.78 Å². The minimum Gasteiger partial charge on any atom is -0.299 e. The summed E-state index contributed by atoms with van der Waals surface area (Å²) in [5.41, 5.74) is 4.10. The molecule has 6 heteroatoms. The predicted octanol–water partition coefficient (Wildman–Crippen LogP) is 5.39. The molecule has 0 aliphatic carbocycles. The third kappa shape index (κ3) is 3.43. The van der Waals surface area contributed by atoms with E-state index in [4.69, 9.17) is 4.98 Å². The first-order valence-electron chi connectivity index (χ1n) is 8.50. The number of benzene rings is 1. The van der Waals surface area contributed by atoms with Crippen molar-refractivity contribution in [3.63, 3.8) is 0 Å². The zero-order chi connectivity index (χ0) is 17.9. The van der Waals surface area contributed by atoms with Gasteiger partial charge in [-0.25, -0.2) is 9.97 Å². The smallest absolute Gasteiger partial charge is 0.139 e. The van der Waals surface area contributed by atoms with Gasteiger partial charge < -0.3 is 0 Å². The Morgan fingerprint density at radius 1 is 1.19 bits per heavy atom. The summed E-state index contributed by atoms with van der Waals surface area (Å²) < 4.78 is 1.09. The fourth-order valence-corrected chi connectivity index (χ4v) is 4.72. The van der Waals surface area contributed by atoms with Crippen LogP contribution in [-0.2, 0) is 11.2 Å². The highest BCUT2D eigenvalue weighted by Gasteiger charge is 2.16. The molecule has 3 aromatic heterocycles. The summed E-state index contributed by atoms with van der Waals surface area (Å²) in [4.78, 5) is 25.5. The van der Waals surface area contributed by atoms with Crippen molar-refractivity contribution in [2.45, 2.75) is 26.2 Å². The van der Waals surface area contributed by atoms with Gasteiger partial charge in [0, 0.05) is 41.5 Å². The van der Waals surface area contributed by atoms with Crippen LogP contribution in [0.4, 0.5) is 0 Å². The van der Waals surface area contributed by atoms with Crippen molar-refractivity contribution in [3.8, 4) is 21.7 Å². The molecular weight excluding hydrogens is 362 g/mol. The number of thiazole rings is 2. The van der Waals surface area contributed by atoms with Gasteiger partial charge in [-0.3, -0.25) is 9.78 Å². The Hall–Kier alpha value is -2.44. The molecule has 0 N–H and O–H groups in total. The minimum atomic E-state index is 0.245. The van der Waals surface area contributed by atoms with Gasteiger partial charge in [0.2, 0.25) is 0 Å². The molecule has 130 valence electrons. The number of aromatic nitrogens is 3. The Labute approximate surface area is 159 Å². The number of hydrogen-bond donors (Lipinski definition) is 0. The van der Waals surface area contributed by atoms with E-state index < -0.39 is 0 Å². The summed E-state index contributed by atoms with van der Waals surface area (Å²) in [6.07, 6.45) is 7.33. The van der Waals surface area contributed by atoms with Crippen LogP contribution in [0.3, 0.4) is 0 Å². The second-order valence-electron chi connectivity index (χ2n) is 6.02. The number of pyridine rings is 1. The van der Waals surface area contributed by atoms with Crippen LogP contribution < -0.4 is 0 Å². The van der Waals surface area contributed by atoms with Gasteiger partial charge in [0.05, 0.1) is 16.6 Å². The van der Waals surface area contributed by atoms with Gasteiger partial charge in [-0.1, -0.05) is 13.0 Å². The summed E-state index contributed by atoms with van der Waals surface area (Å²) in [6.45, 7) is 2.02. The van der Waals surface area contributed by atoms with E-state index >= 15 is 0 Å². The Kier molecular flexibility index (Phi) is 4.86. The standard InChI is InChI=1S/C20H17N3OS2/c1-2-4-15(24)11-18-23-17-10-14(13-5-3-6-21-12-13)9-16(19(17)26-18)20-22-7-8-25-20/h3,5-10,12H,2,4,11H2,1H3. The van der Waals surface area contributed by atoms with Crippen molar-refractivity contribution < 1.29 is 4.79 Å². The van der Waals surface area contributed by atoms with Gasteiger partial charge in [-0.15, -0.1) is 22.7 Å². The van der Waals surface area contributed by atoms with E-state index in [2.05, 4.69) is 22.1 Å². The maximum absolute atomic E-state index is 12.0. The average molecular weight is 380 g/mol. The molecule has 1 aromatic carbocycles. The zero-order valence-corrected chi connectivity index (χ0v) is 15.9. The average Bonchev–Trinajstić information content (AvgIpc) is 3.31. The molecule has 0 amide bonds. The minimum absolute atomic E-state index is 0.245. The number of Topliss-reactive ketones (excluding diaryl/α,β-unsaturated/α-hetero) is 1. The number of fused-ring (bicyclic) bond motifs is 1. The second-order valence-corrected chi connectivity index (χ2v) is 8.00. The molecule has 0 radical (unpaired) electrons. The van der Waals surface area contributed by atoms with Gasteiger partial charge in [0.25, 0.3) is 0 Å². The molecule has 4 aromatic rings. The highest BCUT2D eigenvalue weighted by molar-refractivity contribution is 7.20. The molecule has 0 aliphatic rings. The first-order chi connectivity index (χ1) is 12.7. The van der Waals surface area contributed by atoms with E-state index in [1.807, 2.05) is 36.8 Å². The predicted molar refractivity (Wildman–Crippen MR) is 108 cm³/mol. The maximum atomic E-state index is 12.0. The van der Waals surface area contributed by atoms with Crippen molar-refractivity contribution in [1.82, 2.24) is 15.0 Å². The van der Waals surface area contributed by atoms with Crippen LogP contribution in [0, 0.1) is 0 Å². The van der Waals surface area contributed by atoms with Gasteiger partial charge in [-0.05, 0) is 30.2 Å². The number of hydrogen-bond acceptors (Lipinski definition) is 6. The lowest BCUT2D eigenvalue weighted by molar-refractivity contribution is -0.118. The van der Waals surface area contributed by atoms with E-state index in [0.29, 0.717) is 12.8 Å². The summed E-state index contributed by atoms with van der Waals surface area (Å²) in [5, 5.41) is 3.82. The quantitative estimate of drug-likeness (QED) is 0.450. The van der Waals surface area contributed by atoms with E-state index in [9.17, 15) is 4.79 Å². The first-order valence-corrected chi connectivity index (χ1v) is 10.2. The lowest BCUT2D eigenvalue weighted by Gasteiger charge is -2.05. The van der Waals surface area contributed by atoms with Crippen LogP contribution in [0.2, 0.25) is 0 Å². The molecular formula is C20H17N3OS2. The van der Waals surface area contributed by atoms with E-state index in [0.717, 1.165) is 43.3 Å². The summed E-state index contributed by atoms with van der Waals surface area (Å²) >= 11 is 3.21. The van der Waals surface area contributed by atoms with Crippen molar-refractivity contribution in [3.05, 3.63) is 53.2 Å². The van der Waals surface area contributed by atoms with Crippen molar-refractivity contribution in [1.29, 1.82) is 0 Å². The van der Waals surface area contributed by atoms with Crippen LogP contribution in [0.1, 0.15) is 24.8 Å². The van der Waals surface area contributed by atoms with Gasteiger partial charge >= 0.3 is 0 Å². The Morgan fingerprint density at radius 3 is 2.85 bits per heavy atom. The molecule has 3 heterocycles. The SMILES string of the molecule is CCCC(=O)Cc1nc2cc(-c3cccnc3)cc(-c3nccs3)c2s1. The van der Waals surface area contributed by atoms with Crippen LogP contribution in [-0.4, -0.2) is 20.7 Å². The largest absolute Gasteiger partial charge is 0.299 e. The van der Waals surface area contributed by atoms with Gasteiger partial charge in [0.15, 0.2) is 0 Å². The molecule has 0 bridgehead atoms. The molecule has 26 heavy (non-hydrogen) atoms. The monoisotopic (exact) mass is 379 g/mol. The van der Waals surface area contributed by atoms with Crippen LogP contribution in [0.15, 0.2) is 48.2 Å². The van der Waals surface area contributed by atoms with Gasteiger partial charge in [0.1, 0.15) is 15.8 Å². The number of rotatable bonds is 6.